The zero-order chi connectivity index (χ0) is 12.4. The second-order valence-corrected chi connectivity index (χ2v) is 4.21. The number of carbonyl (C=O) groups excluding carboxylic acids is 2. The summed E-state index contributed by atoms with van der Waals surface area (Å²) in [6, 6.07) is 5.14. The van der Waals surface area contributed by atoms with Crippen LogP contribution in [0.4, 0.5) is 10.5 Å². The molecule has 0 aromatic heterocycles. The molecule has 1 aliphatic rings. The van der Waals surface area contributed by atoms with Crippen molar-refractivity contribution in [3.05, 3.63) is 29.3 Å². The molecule has 3 amide bonds. The van der Waals surface area contributed by atoms with E-state index in [1.807, 2.05) is 32.0 Å². The fraction of sp³-hybridized carbons (Fsp3) is 0.333. The van der Waals surface area contributed by atoms with Crippen LogP contribution in [0.1, 0.15) is 11.1 Å². The highest BCUT2D eigenvalue weighted by Crippen LogP contribution is 2.17. The summed E-state index contributed by atoms with van der Waals surface area (Å²) >= 11 is 0. The Morgan fingerprint density at radius 3 is 2.76 bits per heavy atom. The molecule has 5 nitrogen and oxygen atoms in total. The second-order valence-electron chi connectivity index (χ2n) is 4.21. The maximum Gasteiger partial charge on any atom is 0.321 e. The topological polar surface area (TPSA) is 70.2 Å². The van der Waals surface area contributed by atoms with E-state index >= 15 is 0 Å². The standard InChI is InChI=1S/C12H15N3O2/c1-7-3-4-8(2)9(5-7)14-10-6-13-12(17)15-11(10)16/h3-5,10,14H,6H2,1-2H3,(H2,13,15,16,17). The lowest BCUT2D eigenvalue weighted by Gasteiger charge is -2.24. The van der Waals surface area contributed by atoms with Crippen molar-refractivity contribution in [3.63, 3.8) is 0 Å². The number of carbonyl (C=O) groups is 2. The average molecular weight is 233 g/mol. The Labute approximate surface area is 99.6 Å². The van der Waals surface area contributed by atoms with Gasteiger partial charge in [-0.05, 0) is 31.0 Å². The van der Waals surface area contributed by atoms with Crippen molar-refractivity contribution >= 4 is 17.6 Å². The van der Waals surface area contributed by atoms with Crippen molar-refractivity contribution in [1.82, 2.24) is 10.6 Å². The summed E-state index contributed by atoms with van der Waals surface area (Å²) in [6.07, 6.45) is 0. The van der Waals surface area contributed by atoms with Gasteiger partial charge in [-0.25, -0.2) is 4.79 Å². The molecule has 2 rings (SSSR count). The SMILES string of the molecule is Cc1ccc(C)c(NC2CNC(=O)NC2=O)c1. The maximum atomic E-state index is 11.6. The summed E-state index contributed by atoms with van der Waals surface area (Å²) in [4.78, 5) is 22.5. The minimum Gasteiger partial charge on any atom is -0.372 e. The average Bonchev–Trinajstić information content (AvgIpc) is 2.27. The van der Waals surface area contributed by atoms with Crippen LogP contribution in [0.3, 0.4) is 0 Å². The first-order valence-corrected chi connectivity index (χ1v) is 5.49. The Hall–Kier alpha value is -2.04. The van der Waals surface area contributed by atoms with Crippen molar-refractivity contribution in [1.29, 1.82) is 0 Å². The van der Waals surface area contributed by atoms with Crippen LogP contribution < -0.4 is 16.0 Å². The molecule has 1 fully saturated rings. The van der Waals surface area contributed by atoms with Crippen LogP contribution in [0, 0.1) is 13.8 Å². The Balaban J connectivity index is 2.13. The summed E-state index contributed by atoms with van der Waals surface area (Å²) in [7, 11) is 0. The second kappa shape index (κ2) is 4.45. The van der Waals surface area contributed by atoms with Crippen LogP contribution in [-0.4, -0.2) is 24.5 Å². The lowest BCUT2D eigenvalue weighted by molar-refractivity contribution is -0.121. The molecular formula is C12H15N3O2. The number of hydrogen-bond acceptors (Lipinski definition) is 3. The van der Waals surface area contributed by atoms with E-state index in [0.717, 1.165) is 16.8 Å². The molecule has 0 aliphatic carbocycles. The minimum absolute atomic E-state index is 0.297. The third kappa shape index (κ3) is 2.55. The zero-order valence-corrected chi connectivity index (χ0v) is 9.83. The number of imide groups is 1. The largest absolute Gasteiger partial charge is 0.372 e. The normalized spacial score (nSPS) is 19.5. The molecule has 0 spiro atoms. The van der Waals surface area contributed by atoms with Crippen LogP contribution >= 0.6 is 0 Å². The molecule has 5 heteroatoms. The van der Waals surface area contributed by atoms with E-state index in [4.69, 9.17) is 0 Å². The Bertz CT molecular complexity index is 471. The van der Waals surface area contributed by atoms with Gasteiger partial charge in [0.1, 0.15) is 6.04 Å². The Morgan fingerprint density at radius 2 is 2.06 bits per heavy atom. The van der Waals surface area contributed by atoms with Gasteiger partial charge < -0.3 is 10.6 Å². The highest BCUT2D eigenvalue weighted by atomic mass is 16.2. The van der Waals surface area contributed by atoms with Gasteiger partial charge >= 0.3 is 6.03 Å². The van der Waals surface area contributed by atoms with Gasteiger partial charge in [-0.2, -0.15) is 0 Å². The molecular weight excluding hydrogens is 218 g/mol. The summed E-state index contributed by atoms with van der Waals surface area (Å²) in [5, 5.41) is 7.95. The third-order valence-corrected chi connectivity index (χ3v) is 2.74. The van der Waals surface area contributed by atoms with Gasteiger partial charge in [0.05, 0.1) is 0 Å². The summed E-state index contributed by atoms with van der Waals surface area (Å²) in [5.74, 6) is -0.297. The van der Waals surface area contributed by atoms with E-state index in [2.05, 4.69) is 16.0 Å². The minimum atomic E-state index is -0.436. The van der Waals surface area contributed by atoms with E-state index < -0.39 is 12.1 Å². The Morgan fingerprint density at radius 1 is 1.29 bits per heavy atom. The van der Waals surface area contributed by atoms with Crippen LogP contribution in [0.25, 0.3) is 0 Å². The first kappa shape index (κ1) is 11.4. The number of anilines is 1. The molecule has 1 atom stereocenters. The Kier molecular flexibility index (Phi) is 2.99. The first-order valence-electron chi connectivity index (χ1n) is 5.49. The molecule has 90 valence electrons. The third-order valence-electron chi connectivity index (χ3n) is 2.74. The summed E-state index contributed by atoms with van der Waals surface area (Å²) in [5.41, 5.74) is 3.11. The first-order chi connectivity index (χ1) is 8.06. The van der Waals surface area contributed by atoms with Crippen LogP contribution in [-0.2, 0) is 4.79 Å². The molecule has 1 saturated heterocycles. The quantitative estimate of drug-likeness (QED) is 0.711. The van der Waals surface area contributed by atoms with E-state index in [1.54, 1.807) is 0 Å². The molecule has 1 unspecified atom stereocenters. The summed E-state index contributed by atoms with van der Waals surface area (Å²) in [6.45, 7) is 4.27. The van der Waals surface area contributed by atoms with E-state index in [0.29, 0.717) is 6.54 Å². The highest BCUT2D eigenvalue weighted by molar-refractivity contribution is 6.00. The van der Waals surface area contributed by atoms with Crippen LogP contribution in [0.5, 0.6) is 0 Å². The molecule has 1 heterocycles. The van der Waals surface area contributed by atoms with Gasteiger partial charge in [-0.1, -0.05) is 12.1 Å². The monoisotopic (exact) mass is 233 g/mol. The van der Waals surface area contributed by atoms with Crippen LogP contribution in [0.2, 0.25) is 0 Å². The van der Waals surface area contributed by atoms with Crippen molar-refractivity contribution in [3.8, 4) is 0 Å². The number of urea groups is 1. The van der Waals surface area contributed by atoms with E-state index in [9.17, 15) is 9.59 Å². The molecule has 1 aromatic carbocycles. The number of nitrogens with one attached hydrogen (secondary N) is 3. The lowest BCUT2D eigenvalue weighted by atomic mass is 10.1. The number of amides is 3. The van der Waals surface area contributed by atoms with E-state index in [1.165, 1.54) is 0 Å². The van der Waals surface area contributed by atoms with Gasteiger partial charge in [0, 0.05) is 12.2 Å². The van der Waals surface area contributed by atoms with Crippen molar-refractivity contribution < 1.29 is 9.59 Å². The number of benzene rings is 1. The molecule has 1 aromatic rings. The van der Waals surface area contributed by atoms with Gasteiger partial charge in [0.2, 0.25) is 0 Å². The fourth-order valence-electron chi connectivity index (χ4n) is 1.73. The lowest BCUT2D eigenvalue weighted by Crippen LogP contribution is -2.57. The molecule has 17 heavy (non-hydrogen) atoms. The maximum absolute atomic E-state index is 11.6. The predicted octanol–water partition coefficient (Wildman–Crippen LogP) is 0.923. The van der Waals surface area contributed by atoms with Gasteiger partial charge in [0.25, 0.3) is 5.91 Å². The number of rotatable bonds is 2. The molecule has 3 N–H and O–H groups in total. The van der Waals surface area contributed by atoms with Crippen molar-refractivity contribution in [2.75, 3.05) is 11.9 Å². The van der Waals surface area contributed by atoms with Crippen molar-refractivity contribution in [2.24, 2.45) is 0 Å². The van der Waals surface area contributed by atoms with Crippen LogP contribution in [0.15, 0.2) is 18.2 Å². The van der Waals surface area contributed by atoms with Gasteiger partial charge in [-0.3, -0.25) is 10.1 Å². The number of hydrogen-bond donors (Lipinski definition) is 3. The predicted molar refractivity (Wildman–Crippen MR) is 64.9 cm³/mol. The number of aryl methyl sites for hydroxylation is 2. The molecule has 0 radical (unpaired) electrons. The zero-order valence-electron chi connectivity index (χ0n) is 9.83. The highest BCUT2D eigenvalue weighted by Gasteiger charge is 2.26. The smallest absolute Gasteiger partial charge is 0.321 e. The molecule has 1 aliphatic heterocycles. The molecule has 0 saturated carbocycles. The fourth-order valence-corrected chi connectivity index (χ4v) is 1.73. The summed E-state index contributed by atoms with van der Waals surface area (Å²) < 4.78 is 0. The van der Waals surface area contributed by atoms with Gasteiger partial charge in [0.15, 0.2) is 0 Å². The van der Waals surface area contributed by atoms with Gasteiger partial charge in [-0.15, -0.1) is 0 Å². The molecule has 0 bridgehead atoms. The van der Waals surface area contributed by atoms with Crippen molar-refractivity contribution in [2.45, 2.75) is 19.9 Å². The van der Waals surface area contributed by atoms with E-state index in [-0.39, 0.29) is 5.91 Å².